The first-order chi connectivity index (χ1) is 8.81. The maximum absolute atomic E-state index is 12.0. The molecule has 0 aromatic carbocycles. The van der Waals surface area contributed by atoms with E-state index in [1.807, 2.05) is 11.8 Å². The van der Waals surface area contributed by atoms with Crippen molar-refractivity contribution in [1.82, 2.24) is 10.2 Å². The number of hydrogen-bond donors (Lipinski definition) is 1. The Hall–Kier alpha value is -1.31. The van der Waals surface area contributed by atoms with Crippen LogP contribution in [0.15, 0.2) is 11.4 Å². The zero-order chi connectivity index (χ0) is 12.8. The largest absolute Gasteiger partial charge is 0.337 e. The number of rotatable bonds is 4. The average molecular weight is 262 g/mol. The molecule has 1 aromatic rings. The highest BCUT2D eigenvalue weighted by Crippen LogP contribution is 2.23. The summed E-state index contributed by atoms with van der Waals surface area (Å²) >= 11 is 1.80. The van der Waals surface area contributed by atoms with E-state index in [9.17, 15) is 4.79 Å². The Morgan fingerprint density at radius 2 is 2.50 bits per heavy atom. The Bertz CT molecular complexity index is 470. The van der Waals surface area contributed by atoms with Crippen LogP contribution in [0.2, 0.25) is 0 Å². The van der Waals surface area contributed by atoms with Crippen LogP contribution in [-0.4, -0.2) is 30.4 Å². The Balaban J connectivity index is 1.75. The quantitative estimate of drug-likeness (QED) is 0.661. The Morgan fingerprint density at radius 3 is 3.33 bits per heavy atom. The Morgan fingerprint density at radius 1 is 1.61 bits per heavy atom. The zero-order valence-corrected chi connectivity index (χ0v) is 11.5. The van der Waals surface area contributed by atoms with Gasteiger partial charge in [0.2, 0.25) is 5.91 Å². The van der Waals surface area contributed by atoms with Crippen LogP contribution in [0.5, 0.6) is 0 Å². The minimum atomic E-state index is 0.191. The number of hydrogen-bond acceptors (Lipinski definition) is 3. The molecule has 1 aromatic heterocycles. The van der Waals surface area contributed by atoms with E-state index in [1.54, 1.807) is 11.3 Å². The van der Waals surface area contributed by atoms with E-state index in [0.29, 0.717) is 6.54 Å². The molecular formula is C14H18N2OS. The number of amides is 1. The smallest absolute Gasteiger partial charge is 0.236 e. The average Bonchev–Trinajstić information content (AvgIpc) is 2.85. The second-order valence-corrected chi connectivity index (χ2v) is 5.29. The second-order valence-electron chi connectivity index (χ2n) is 4.29. The van der Waals surface area contributed by atoms with Crippen molar-refractivity contribution >= 4 is 17.2 Å². The fraction of sp³-hybridized carbons (Fsp3) is 0.500. The van der Waals surface area contributed by atoms with Crippen molar-refractivity contribution in [3.05, 3.63) is 21.9 Å². The highest BCUT2D eigenvalue weighted by molar-refractivity contribution is 7.10. The lowest BCUT2D eigenvalue weighted by atomic mass is 10.1. The zero-order valence-electron chi connectivity index (χ0n) is 10.7. The molecule has 1 aliphatic heterocycles. The normalized spacial score (nSPS) is 13.7. The van der Waals surface area contributed by atoms with E-state index in [1.165, 1.54) is 10.4 Å². The van der Waals surface area contributed by atoms with Crippen LogP contribution in [0.4, 0.5) is 0 Å². The third-order valence-corrected chi connectivity index (χ3v) is 4.06. The molecule has 3 nitrogen and oxygen atoms in total. The van der Waals surface area contributed by atoms with Crippen LogP contribution in [0.25, 0.3) is 0 Å². The molecule has 0 radical (unpaired) electrons. The van der Waals surface area contributed by atoms with Gasteiger partial charge in [0.05, 0.1) is 6.54 Å². The van der Waals surface area contributed by atoms with Gasteiger partial charge in [0, 0.05) is 30.9 Å². The van der Waals surface area contributed by atoms with Gasteiger partial charge in [-0.2, -0.15) is 0 Å². The lowest BCUT2D eigenvalue weighted by molar-refractivity contribution is -0.131. The van der Waals surface area contributed by atoms with Crippen molar-refractivity contribution in [2.75, 3.05) is 19.6 Å². The molecular weight excluding hydrogens is 244 g/mol. The number of fused-ring (bicyclic) bond motifs is 1. The molecule has 96 valence electrons. The molecule has 0 unspecified atom stereocenters. The fourth-order valence-electron chi connectivity index (χ4n) is 2.04. The number of thiophene rings is 1. The lowest BCUT2D eigenvalue weighted by Gasteiger charge is -2.27. The molecule has 1 aliphatic rings. The Labute approximate surface area is 112 Å². The number of carbonyl (C=O) groups excluding carboxylic acids is 1. The predicted octanol–water partition coefficient (Wildman–Crippen LogP) is 1.64. The van der Waals surface area contributed by atoms with Crippen molar-refractivity contribution in [2.45, 2.75) is 26.3 Å². The summed E-state index contributed by atoms with van der Waals surface area (Å²) in [7, 11) is 0. The summed E-state index contributed by atoms with van der Waals surface area (Å²) < 4.78 is 0. The van der Waals surface area contributed by atoms with Crippen LogP contribution in [0.3, 0.4) is 0 Å². The van der Waals surface area contributed by atoms with Gasteiger partial charge in [0.25, 0.3) is 0 Å². The van der Waals surface area contributed by atoms with Crippen LogP contribution in [0, 0.1) is 11.8 Å². The molecule has 2 rings (SSSR count). The summed E-state index contributed by atoms with van der Waals surface area (Å²) in [5.41, 5.74) is 1.32. The summed E-state index contributed by atoms with van der Waals surface area (Å²) in [5, 5.41) is 5.26. The van der Waals surface area contributed by atoms with Crippen LogP contribution >= 0.6 is 11.3 Å². The number of nitrogens with zero attached hydrogens (tertiary/aromatic N) is 1. The van der Waals surface area contributed by atoms with Gasteiger partial charge in [0.1, 0.15) is 0 Å². The lowest BCUT2D eigenvalue weighted by Crippen LogP contribution is -2.40. The molecule has 4 heteroatoms. The maximum Gasteiger partial charge on any atom is 0.236 e. The maximum atomic E-state index is 12.0. The van der Waals surface area contributed by atoms with Gasteiger partial charge in [-0.3, -0.25) is 4.79 Å². The fourth-order valence-corrected chi connectivity index (χ4v) is 2.93. The van der Waals surface area contributed by atoms with Gasteiger partial charge in [-0.15, -0.1) is 23.2 Å². The molecule has 18 heavy (non-hydrogen) atoms. The van der Waals surface area contributed by atoms with E-state index in [2.05, 4.69) is 28.6 Å². The van der Waals surface area contributed by atoms with Gasteiger partial charge in [-0.25, -0.2) is 0 Å². The third kappa shape index (κ3) is 3.34. The second kappa shape index (κ2) is 6.58. The topological polar surface area (TPSA) is 32.3 Å². The first-order valence-electron chi connectivity index (χ1n) is 6.24. The van der Waals surface area contributed by atoms with E-state index in [0.717, 1.165) is 32.5 Å². The molecule has 0 saturated carbocycles. The number of nitrogens with one attached hydrogen (secondary N) is 1. The molecule has 2 heterocycles. The summed E-state index contributed by atoms with van der Waals surface area (Å²) in [6.45, 7) is 4.66. The van der Waals surface area contributed by atoms with Gasteiger partial charge >= 0.3 is 0 Å². The van der Waals surface area contributed by atoms with Gasteiger partial charge in [0.15, 0.2) is 0 Å². The molecule has 0 atom stereocenters. The third-order valence-electron chi connectivity index (χ3n) is 3.04. The molecule has 1 amide bonds. The van der Waals surface area contributed by atoms with Crippen LogP contribution in [0.1, 0.15) is 23.8 Å². The SMILES string of the molecule is CC#CCCNCC(=O)N1CCc2sccc2C1. The first-order valence-corrected chi connectivity index (χ1v) is 7.12. The molecule has 0 saturated heterocycles. The van der Waals surface area contributed by atoms with Crippen molar-refractivity contribution in [2.24, 2.45) is 0 Å². The highest BCUT2D eigenvalue weighted by Gasteiger charge is 2.20. The van der Waals surface area contributed by atoms with E-state index in [-0.39, 0.29) is 5.91 Å². The highest BCUT2D eigenvalue weighted by atomic mass is 32.1. The van der Waals surface area contributed by atoms with Crippen molar-refractivity contribution in [3.63, 3.8) is 0 Å². The standard InChI is InChI=1S/C14H18N2OS/c1-2-3-4-7-15-10-14(17)16-8-5-13-12(11-16)6-9-18-13/h6,9,15H,4-5,7-8,10-11H2,1H3. The van der Waals surface area contributed by atoms with E-state index < -0.39 is 0 Å². The van der Waals surface area contributed by atoms with E-state index >= 15 is 0 Å². The molecule has 0 bridgehead atoms. The monoisotopic (exact) mass is 262 g/mol. The van der Waals surface area contributed by atoms with Crippen molar-refractivity contribution < 1.29 is 4.79 Å². The van der Waals surface area contributed by atoms with Gasteiger partial charge in [-0.1, -0.05) is 0 Å². The van der Waals surface area contributed by atoms with E-state index in [4.69, 9.17) is 0 Å². The van der Waals surface area contributed by atoms with Crippen molar-refractivity contribution in [3.8, 4) is 11.8 Å². The molecule has 0 fully saturated rings. The molecule has 0 spiro atoms. The number of carbonyl (C=O) groups is 1. The predicted molar refractivity (Wildman–Crippen MR) is 74.4 cm³/mol. The Kier molecular flexibility index (Phi) is 4.80. The summed E-state index contributed by atoms with van der Waals surface area (Å²) in [4.78, 5) is 15.4. The van der Waals surface area contributed by atoms with Gasteiger partial charge < -0.3 is 10.2 Å². The molecule has 1 N–H and O–H groups in total. The van der Waals surface area contributed by atoms with Crippen molar-refractivity contribution in [1.29, 1.82) is 0 Å². The first kappa shape index (κ1) is 13.1. The van der Waals surface area contributed by atoms with Gasteiger partial charge in [-0.05, 0) is 30.4 Å². The summed E-state index contributed by atoms with van der Waals surface area (Å²) in [5.74, 6) is 6.01. The molecule has 0 aliphatic carbocycles. The minimum absolute atomic E-state index is 0.191. The van der Waals surface area contributed by atoms with Crippen LogP contribution in [-0.2, 0) is 17.8 Å². The minimum Gasteiger partial charge on any atom is -0.337 e. The summed E-state index contributed by atoms with van der Waals surface area (Å²) in [6, 6.07) is 2.13. The van der Waals surface area contributed by atoms with Crippen LogP contribution < -0.4 is 5.32 Å². The summed E-state index contributed by atoms with van der Waals surface area (Å²) in [6.07, 6.45) is 1.80.